The molecule has 2 aromatic heterocycles. The highest BCUT2D eigenvalue weighted by molar-refractivity contribution is 5.98. The number of carbonyl (C=O) groups excluding carboxylic acids is 2. The zero-order valence-electron chi connectivity index (χ0n) is 15.9. The number of urea groups is 1. The summed E-state index contributed by atoms with van der Waals surface area (Å²) in [6, 6.07) is 3.14. The summed E-state index contributed by atoms with van der Waals surface area (Å²) in [5.74, 6) is -4.08. The van der Waals surface area contributed by atoms with Gasteiger partial charge in [0.25, 0.3) is 0 Å². The number of anilines is 1. The predicted octanol–water partition coefficient (Wildman–Crippen LogP) is 2.92. The van der Waals surface area contributed by atoms with Gasteiger partial charge in [0.05, 0.1) is 10.9 Å². The van der Waals surface area contributed by atoms with Gasteiger partial charge in [-0.2, -0.15) is 0 Å². The number of rotatable bonds is 3. The van der Waals surface area contributed by atoms with Gasteiger partial charge in [-0.15, -0.1) is 0 Å². The topological polar surface area (TPSA) is 84.3 Å². The Morgan fingerprint density at radius 2 is 1.83 bits per heavy atom. The van der Waals surface area contributed by atoms with E-state index >= 15 is 0 Å². The van der Waals surface area contributed by atoms with E-state index in [0.717, 1.165) is 17.7 Å². The average Bonchev–Trinajstić information content (AvgIpc) is 3.00. The van der Waals surface area contributed by atoms with Crippen LogP contribution < -0.4 is 15.6 Å². The molecule has 1 aliphatic rings. The molecule has 1 atom stereocenters. The Morgan fingerprint density at radius 1 is 1.17 bits per heavy atom. The van der Waals surface area contributed by atoms with E-state index < -0.39 is 40.4 Å². The van der Waals surface area contributed by atoms with E-state index in [1.165, 1.54) is 17.0 Å². The van der Waals surface area contributed by atoms with Crippen LogP contribution in [-0.4, -0.2) is 34.0 Å². The molecule has 0 saturated carbocycles. The van der Waals surface area contributed by atoms with Gasteiger partial charge in [0.15, 0.2) is 23.1 Å². The van der Waals surface area contributed by atoms with Gasteiger partial charge in [-0.1, -0.05) is 0 Å². The molecule has 154 valence electrons. The third-order valence-corrected chi connectivity index (χ3v) is 4.79. The first kappa shape index (κ1) is 19.6. The summed E-state index contributed by atoms with van der Waals surface area (Å²) in [5.41, 5.74) is -1.87. The number of fused-ring (bicyclic) bond motifs is 1. The van der Waals surface area contributed by atoms with Gasteiger partial charge in [-0.3, -0.25) is 19.1 Å². The molecule has 0 radical (unpaired) electrons. The van der Waals surface area contributed by atoms with Crippen LogP contribution in [0.2, 0.25) is 0 Å². The highest BCUT2D eigenvalue weighted by atomic mass is 19.1. The summed E-state index contributed by atoms with van der Waals surface area (Å²) < 4.78 is 43.3. The zero-order valence-corrected chi connectivity index (χ0v) is 15.9. The number of ketones is 1. The molecule has 1 saturated heterocycles. The molecule has 10 heteroatoms. The number of benzene rings is 1. The summed E-state index contributed by atoms with van der Waals surface area (Å²) in [7, 11) is 0. The van der Waals surface area contributed by atoms with Gasteiger partial charge in [0, 0.05) is 30.9 Å². The Labute approximate surface area is 167 Å². The number of carbonyl (C=O) groups is 2. The second kappa shape index (κ2) is 6.97. The molecular weight excluding hydrogens is 401 g/mol. The van der Waals surface area contributed by atoms with E-state index in [2.05, 4.69) is 10.3 Å². The SMILES string of the molecule is CC(=O)c1cn(-c2c(F)cc(F)cc2F)c2nc(N3C[C@@H](C)NC3=O)ccc2c1=O. The Hall–Kier alpha value is -3.69. The maximum absolute atomic E-state index is 14.5. The summed E-state index contributed by atoms with van der Waals surface area (Å²) in [6.45, 7) is 3.23. The number of Topliss-reactive ketones (excluding diaryl/α,β-unsaturated/α-hetero) is 1. The average molecular weight is 416 g/mol. The van der Waals surface area contributed by atoms with Gasteiger partial charge < -0.3 is 5.32 Å². The van der Waals surface area contributed by atoms with Crippen LogP contribution in [-0.2, 0) is 0 Å². The van der Waals surface area contributed by atoms with Crippen LogP contribution in [0.1, 0.15) is 24.2 Å². The third-order valence-electron chi connectivity index (χ3n) is 4.79. The first-order chi connectivity index (χ1) is 14.2. The number of nitrogens with zero attached hydrogens (tertiary/aromatic N) is 3. The molecule has 3 aromatic rings. The molecular formula is C20H15F3N4O3. The minimum absolute atomic E-state index is 0.0813. The Morgan fingerprint density at radius 3 is 2.40 bits per heavy atom. The first-order valence-electron chi connectivity index (χ1n) is 8.97. The van der Waals surface area contributed by atoms with Crippen molar-refractivity contribution in [3.8, 4) is 5.69 Å². The Kier molecular flexibility index (Phi) is 4.56. The van der Waals surface area contributed by atoms with Gasteiger partial charge >= 0.3 is 6.03 Å². The number of hydrogen-bond acceptors (Lipinski definition) is 4. The lowest BCUT2D eigenvalue weighted by Gasteiger charge is -2.17. The second-order valence-electron chi connectivity index (χ2n) is 7.02. The van der Waals surface area contributed by atoms with Crippen molar-refractivity contribution >= 4 is 28.7 Å². The van der Waals surface area contributed by atoms with Crippen molar-refractivity contribution in [2.24, 2.45) is 0 Å². The maximum Gasteiger partial charge on any atom is 0.323 e. The molecule has 0 spiro atoms. The van der Waals surface area contributed by atoms with Crippen LogP contribution >= 0.6 is 0 Å². The van der Waals surface area contributed by atoms with Crippen molar-refractivity contribution in [2.45, 2.75) is 19.9 Å². The van der Waals surface area contributed by atoms with E-state index in [1.807, 2.05) is 0 Å². The lowest BCUT2D eigenvalue weighted by Crippen LogP contribution is -2.29. The molecule has 1 N–H and O–H groups in total. The first-order valence-corrected chi connectivity index (χ1v) is 8.97. The summed E-state index contributed by atoms with van der Waals surface area (Å²) in [4.78, 5) is 42.4. The number of aromatic nitrogens is 2. The fourth-order valence-electron chi connectivity index (χ4n) is 3.42. The second-order valence-corrected chi connectivity index (χ2v) is 7.02. The quantitative estimate of drug-likeness (QED) is 0.666. The van der Waals surface area contributed by atoms with E-state index in [4.69, 9.17) is 0 Å². The standard InChI is InChI=1S/C20H15F3N4O3/c1-9-7-26(20(30)24-9)16-4-3-12-18(29)13(10(2)28)8-27(19(12)25-16)17-14(22)5-11(21)6-15(17)23/h3-6,8-9H,7H2,1-2H3,(H,24,30)/t9-/m1/s1. The Balaban J connectivity index is 2.06. The van der Waals surface area contributed by atoms with Crippen molar-refractivity contribution in [1.82, 2.24) is 14.9 Å². The maximum atomic E-state index is 14.5. The molecule has 0 bridgehead atoms. The molecule has 1 fully saturated rings. The zero-order chi connectivity index (χ0) is 21.7. The summed E-state index contributed by atoms with van der Waals surface area (Å²) in [6.07, 6.45) is 0.968. The smallest absolute Gasteiger partial charge is 0.323 e. The molecule has 0 unspecified atom stereocenters. The highest BCUT2D eigenvalue weighted by Crippen LogP contribution is 2.25. The molecule has 0 aliphatic carbocycles. The summed E-state index contributed by atoms with van der Waals surface area (Å²) in [5, 5.41) is 2.61. The van der Waals surface area contributed by atoms with Crippen molar-refractivity contribution in [2.75, 3.05) is 11.4 Å². The number of amides is 2. The van der Waals surface area contributed by atoms with E-state index in [9.17, 15) is 27.6 Å². The highest BCUT2D eigenvalue weighted by Gasteiger charge is 2.29. The van der Waals surface area contributed by atoms with Gasteiger partial charge in [0.2, 0.25) is 5.43 Å². The molecule has 30 heavy (non-hydrogen) atoms. The third kappa shape index (κ3) is 3.10. The van der Waals surface area contributed by atoms with Crippen molar-refractivity contribution < 1.29 is 22.8 Å². The minimum Gasteiger partial charge on any atom is -0.333 e. The molecule has 1 aromatic carbocycles. The Bertz CT molecular complexity index is 1270. The predicted molar refractivity (Wildman–Crippen MR) is 103 cm³/mol. The largest absolute Gasteiger partial charge is 0.333 e. The van der Waals surface area contributed by atoms with Crippen LogP contribution in [0, 0.1) is 17.5 Å². The van der Waals surface area contributed by atoms with Crippen LogP contribution in [0.3, 0.4) is 0 Å². The van der Waals surface area contributed by atoms with Crippen LogP contribution in [0.5, 0.6) is 0 Å². The minimum atomic E-state index is -1.24. The lowest BCUT2D eigenvalue weighted by atomic mass is 10.1. The van der Waals surface area contributed by atoms with E-state index in [1.54, 1.807) is 6.92 Å². The fourth-order valence-corrected chi connectivity index (χ4v) is 3.42. The molecule has 7 nitrogen and oxygen atoms in total. The number of pyridine rings is 2. The monoisotopic (exact) mass is 416 g/mol. The molecule has 2 amide bonds. The van der Waals surface area contributed by atoms with Crippen LogP contribution in [0.15, 0.2) is 35.3 Å². The van der Waals surface area contributed by atoms with E-state index in [0.29, 0.717) is 18.7 Å². The molecule has 4 rings (SSSR count). The van der Waals surface area contributed by atoms with E-state index in [-0.39, 0.29) is 28.5 Å². The van der Waals surface area contributed by atoms with Crippen molar-refractivity contribution in [1.29, 1.82) is 0 Å². The van der Waals surface area contributed by atoms with Crippen LogP contribution in [0.4, 0.5) is 23.8 Å². The van der Waals surface area contributed by atoms with Crippen molar-refractivity contribution in [3.63, 3.8) is 0 Å². The number of nitrogens with one attached hydrogen (secondary N) is 1. The van der Waals surface area contributed by atoms with Gasteiger partial charge in [-0.25, -0.2) is 22.9 Å². The molecule has 1 aliphatic heterocycles. The molecule has 3 heterocycles. The number of hydrogen-bond donors (Lipinski definition) is 1. The van der Waals surface area contributed by atoms with Crippen LogP contribution in [0.25, 0.3) is 16.7 Å². The van der Waals surface area contributed by atoms with Crippen molar-refractivity contribution in [3.05, 3.63) is 63.7 Å². The van der Waals surface area contributed by atoms with Gasteiger partial charge in [0.1, 0.15) is 17.3 Å². The summed E-state index contributed by atoms with van der Waals surface area (Å²) >= 11 is 0. The number of halogens is 3. The lowest BCUT2D eigenvalue weighted by molar-refractivity contribution is 0.101. The normalized spacial score (nSPS) is 16.2. The fraction of sp³-hybridized carbons (Fsp3) is 0.200. The van der Waals surface area contributed by atoms with Gasteiger partial charge in [-0.05, 0) is 26.0 Å².